The molecule has 0 radical (unpaired) electrons. The highest BCUT2D eigenvalue weighted by Crippen LogP contribution is 2.24. The first kappa shape index (κ1) is 17.2. The molecule has 0 bridgehead atoms. The molecular formula is C18H33N3O2. The van der Waals surface area contributed by atoms with E-state index in [-0.39, 0.29) is 0 Å². The van der Waals surface area contributed by atoms with Crippen LogP contribution in [-0.4, -0.2) is 86.2 Å². The second-order valence-electron chi connectivity index (χ2n) is 7.53. The number of piperazine rings is 1. The summed E-state index contributed by atoms with van der Waals surface area (Å²) in [4.78, 5) is 19.6. The summed E-state index contributed by atoms with van der Waals surface area (Å²) in [7, 11) is 1.78. The molecule has 0 aromatic heterocycles. The Hall–Kier alpha value is -0.650. The molecular weight excluding hydrogens is 290 g/mol. The van der Waals surface area contributed by atoms with Gasteiger partial charge in [0.1, 0.15) is 0 Å². The Bertz CT molecular complexity index is 368. The van der Waals surface area contributed by atoms with E-state index in [1.807, 2.05) is 0 Å². The summed E-state index contributed by atoms with van der Waals surface area (Å²) in [5.74, 6) is 1.02. The van der Waals surface area contributed by atoms with Crippen LogP contribution in [0, 0.1) is 5.92 Å². The van der Waals surface area contributed by atoms with Gasteiger partial charge in [0.2, 0.25) is 5.91 Å². The van der Waals surface area contributed by atoms with Crippen molar-refractivity contribution in [1.29, 1.82) is 0 Å². The minimum Gasteiger partial charge on any atom is -0.384 e. The highest BCUT2D eigenvalue weighted by molar-refractivity contribution is 5.78. The van der Waals surface area contributed by atoms with Gasteiger partial charge in [-0.15, -0.1) is 0 Å². The van der Waals surface area contributed by atoms with Gasteiger partial charge in [-0.25, -0.2) is 0 Å². The third-order valence-electron chi connectivity index (χ3n) is 5.98. The summed E-state index contributed by atoms with van der Waals surface area (Å²) in [6.07, 6.45) is 7.84. The fourth-order valence-electron chi connectivity index (χ4n) is 4.44. The zero-order valence-electron chi connectivity index (χ0n) is 14.7. The van der Waals surface area contributed by atoms with E-state index in [2.05, 4.69) is 14.7 Å². The molecule has 0 aromatic carbocycles. The molecule has 2 aliphatic heterocycles. The predicted octanol–water partition coefficient (Wildman–Crippen LogP) is 1.43. The summed E-state index contributed by atoms with van der Waals surface area (Å²) in [5, 5.41) is 0. The molecule has 1 saturated carbocycles. The second kappa shape index (κ2) is 8.45. The molecule has 2 saturated heterocycles. The Labute approximate surface area is 140 Å². The standard InChI is InChI=1S/C18H33N3O2/c1-23-15-16-6-8-19(9-7-16)14-18(22)21-12-10-20(11-13-21)17-4-2-3-5-17/h16-17H,2-15H2,1H3. The first-order valence-corrected chi connectivity index (χ1v) is 9.49. The van der Waals surface area contributed by atoms with E-state index in [1.165, 1.54) is 25.7 Å². The van der Waals surface area contributed by atoms with Crippen molar-refractivity contribution < 1.29 is 9.53 Å². The molecule has 0 N–H and O–H groups in total. The van der Waals surface area contributed by atoms with E-state index in [0.717, 1.165) is 64.8 Å². The number of nitrogens with zero attached hydrogens (tertiary/aromatic N) is 3. The van der Waals surface area contributed by atoms with Crippen LogP contribution in [0.25, 0.3) is 0 Å². The zero-order valence-corrected chi connectivity index (χ0v) is 14.7. The summed E-state index contributed by atoms with van der Waals surface area (Å²) in [5.41, 5.74) is 0. The third-order valence-corrected chi connectivity index (χ3v) is 5.98. The Morgan fingerprint density at radius 1 is 0.957 bits per heavy atom. The predicted molar refractivity (Wildman–Crippen MR) is 91.4 cm³/mol. The number of rotatable bonds is 5. The largest absolute Gasteiger partial charge is 0.384 e. The number of hydrogen-bond acceptors (Lipinski definition) is 4. The normalized spacial score (nSPS) is 26.0. The molecule has 132 valence electrons. The van der Waals surface area contributed by atoms with Crippen molar-refractivity contribution >= 4 is 5.91 Å². The topological polar surface area (TPSA) is 36.0 Å². The molecule has 3 fully saturated rings. The minimum atomic E-state index is 0.335. The smallest absolute Gasteiger partial charge is 0.236 e. The van der Waals surface area contributed by atoms with Gasteiger partial charge in [-0.1, -0.05) is 12.8 Å². The molecule has 3 aliphatic rings. The number of carbonyl (C=O) groups excluding carboxylic acids is 1. The first-order chi connectivity index (χ1) is 11.3. The molecule has 1 amide bonds. The fourth-order valence-corrected chi connectivity index (χ4v) is 4.44. The number of hydrogen-bond donors (Lipinski definition) is 0. The lowest BCUT2D eigenvalue weighted by Gasteiger charge is -2.39. The summed E-state index contributed by atoms with van der Waals surface area (Å²) in [6.45, 7) is 7.57. The van der Waals surface area contributed by atoms with Crippen LogP contribution in [0.4, 0.5) is 0 Å². The molecule has 5 heteroatoms. The average Bonchev–Trinajstić information content (AvgIpc) is 3.11. The lowest BCUT2D eigenvalue weighted by Crippen LogP contribution is -2.53. The molecule has 2 heterocycles. The number of ether oxygens (including phenoxy) is 1. The Morgan fingerprint density at radius 3 is 2.22 bits per heavy atom. The molecule has 5 nitrogen and oxygen atoms in total. The monoisotopic (exact) mass is 323 g/mol. The van der Waals surface area contributed by atoms with Crippen molar-refractivity contribution in [1.82, 2.24) is 14.7 Å². The van der Waals surface area contributed by atoms with Gasteiger partial charge in [-0.05, 0) is 44.7 Å². The van der Waals surface area contributed by atoms with Crippen LogP contribution >= 0.6 is 0 Å². The molecule has 0 unspecified atom stereocenters. The van der Waals surface area contributed by atoms with Gasteiger partial charge in [0.15, 0.2) is 0 Å². The van der Waals surface area contributed by atoms with Crippen LogP contribution in [0.1, 0.15) is 38.5 Å². The van der Waals surface area contributed by atoms with E-state index in [1.54, 1.807) is 7.11 Å². The van der Waals surface area contributed by atoms with E-state index in [4.69, 9.17) is 4.74 Å². The highest BCUT2D eigenvalue weighted by atomic mass is 16.5. The Morgan fingerprint density at radius 2 is 1.61 bits per heavy atom. The second-order valence-corrected chi connectivity index (χ2v) is 7.53. The average molecular weight is 323 g/mol. The van der Waals surface area contributed by atoms with Crippen LogP contribution in [-0.2, 0) is 9.53 Å². The molecule has 23 heavy (non-hydrogen) atoms. The number of methoxy groups -OCH3 is 1. The van der Waals surface area contributed by atoms with Crippen LogP contribution in [0.2, 0.25) is 0 Å². The van der Waals surface area contributed by atoms with E-state index >= 15 is 0 Å². The minimum absolute atomic E-state index is 0.335. The van der Waals surface area contributed by atoms with Crippen molar-refractivity contribution in [2.45, 2.75) is 44.6 Å². The van der Waals surface area contributed by atoms with Gasteiger partial charge in [0.25, 0.3) is 0 Å². The SMILES string of the molecule is COCC1CCN(CC(=O)N2CCN(C3CCCC3)CC2)CC1. The quantitative estimate of drug-likeness (QED) is 0.767. The van der Waals surface area contributed by atoms with Crippen LogP contribution < -0.4 is 0 Å². The molecule has 0 spiro atoms. The number of amides is 1. The van der Waals surface area contributed by atoms with Crippen molar-refractivity contribution in [3.05, 3.63) is 0 Å². The van der Waals surface area contributed by atoms with E-state index < -0.39 is 0 Å². The maximum atomic E-state index is 12.5. The Balaban J connectivity index is 1.36. The maximum absolute atomic E-state index is 12.5. The summed E-state index contributed by atoms with van der Waals surface area (Å²) < 4.78 is 5.25. The van der Waals surface area contributed by atoms with Crippen molar-refractivity contribution in [3.63, 3.8) is 0 Å². The lowest BCUT2D eigenvalue weighted by atomic mass is 9.98. The molecule has 1 aliphatic carbocycles. The zero-order chi connectivity index (χ0) is 16.1. The fraction of sp³-hybridized carbons (Fsp3) is 0.944. The maximum Gasteiger partial charge on any atom is 0.236 e. The van der Waals surface area contributed by atoms with Crippen LogP contribution in [0.3, 0.4) is 0 Å². The van der Waals surface area contributed by atoms with Crippen molar-refractivity contribution in [2.24, 2.45) is 5.92 Å². The molecule has 0 atom stereocenters. The number of likely N-dealkylation sites (tertiary alicyclic amines) is 1. The van der Waals surface area contributed by atoms with E-state index in [9.17, 15) is 4.79 Å². The van der Waals surface area contributed by atoms with Gasteiger partial charge in [-0.3, -0.25) is 14.6 Å². The molecule has 3 rings (SSSR count). The number of piperidine rings is 1. The van der Waals surface area contributed by atoms with Gasteiger partial charge in [-0.2, -0.15) is 0 Å². The van der Waals surface area contributed by atoms with Crippen molar-refractivity contribution in [3.8, 4) is 0 Å². The number of carbonyl (C=O) groups is 1. The van der Waals surface area contributed by atoms with Crippen LogP contribution in [0.5, 0.6) is 0 Å². The highest BCUT2D eigenvalue weighted by Gasteiger charge is 2.29. The third kappa shape index (κ3) is 4.68. The van der Waals surface area contributed by atoms with Crippen LogP contribution in [0.15, 0.2) is 0 Å². The van der Waals surface area contributed by atoms with Gasteiger partial charge < -0.3 is 9.64 Å². The lowest BCUT2D eigenvalue weighted by molar-refractivity contribution is -0.134. The summed E-state index contributed by atoms with van der Waals surface area (Å²) in [6, 6.07) is 0.798. The first-order valence-electron chi connectivity index (χ1n) is 9.49. The van der Waals surface area contributed by atoms with Gasteiger partial charge in [0, 0.05) is 45.9 Å². The van der Waals surface area contributed by atoms with Gasteiger partial charge in [0.05, 0.1) is 6.54 Å². The van der Waals surface area contributed by atoms with Gasteiger partial charge >= 0.3 is 0 Å². The molecule has 0 aromatic rings. The van der Waals surface area contributed by atoms with E-state index in [0.29, 0.717) is 18.4 Å². The van der Waals surface area contributed by atoms with Crippen molar-refractivity contribution in [2.75, 3.05) is 59.5 Å². The summed E-state index contributed by atoms with van der Waals surface area (Å²) >= 11 is 0. The Kier molecular flexibility index (Phi) is 6.31.